The molecule has 1 N–H and O–H groups in total. The van der Waals surface area contributed by atoms with Crippen molar-refractivity contribution in [2.75, 3.05) is 50.3 Å². The maximum atomic E-state index is 14.6. The molecule has 0 radical (unpaired) electrons. The van der Waals surface area contributed by atoms with Crippen molar-refractivity contribution in [3.63, 3.8) is 0 Å². The lowest BCUT2D eigenvalue weighted by Crippen LogP contribution is -2.56. The standard InChI is InChI=1S/C17H22F2N2O5/c1-24-17(25-2)5-6-20(9-15(17)19)14-4-3-11(7-13(14)18)21-8-12(10-22)26-16(21)23/h3-4,7,12,15,22H,5-6,8-10H2,1-2H3/t12?,15-/m1/s1. The van der Waals surface area contributed by atoms with Gasteiger partial charge in [0.1, 0.15) is 11.9 Å². The summed E-state index contributed by atoms with van der Waals surface area (Å²) in [4.78, 5) is 14.6. The summed E-state index contributed by atoms with van der Waals surface area (Å²) >= 11 is 0. The number of benzene rings is 1. The number of aliphatic hydroxyl groups excluding tert-OH is 1. The Morgan fingerprint density at radius 2 is 2.08 bits per heavy atom. The number of nitrogens with zero attached hydrogens (tertiary/aromatic N) is 2. The number of carbonyl (C=O) groups is 1. The molecule has 0 aromatic heterocycles. The maximum Gasteiger partial charge on any atom is 0.414 e. The van der Waals surface area contributed by atoms with Gasteiger partial charge < -0.3 is 24.2 Å². The summed E-state index contributed by atoms with van der Waals surface area (Å²) in [5.74, 6) is -1.89. The first-order valence-corrected chi connectivity index (χ1v) is 8.32. The molecule has 0 aliphatic carbocycles. The summed E-state index contributed by atoms with van der Waals surface area (Å²) in [7, 11) is 2.77. The molecule has 1 aromatic carbocycles. The van der Waals surface area contributed by atoms with Gasteiger partial charge in [-0.15, -0.1) is 0 Å². The Kier molecular flexibility index (Phi) is 5.31. The molecule has 0 bridgehead atoms. The fourth-order valence-electron chi connectivity index (χ4n) is 3.38. The summed E-state index contributed by atoms with van der Waals surface area (Å²) in [5, 5.41) is 9.08. The number of amides is 1. The molecule has 1 unspecified atom stereocenters. The van der Waals surface area contributed by atoms with Crippen molar-refractivity contribution in [1.82, 2.24) is 0 Å². The van der Waals surface area contributed by atoms with E-state index in [0.717, 1.165) is 0 Å². The van der Waals surface area contributed by atoms with Crippen LogP contribution >= 0.6 is 0 Å². The highest BCUT2D eigenvalue weighted by Gasteiger charge is 2.45. The number of anilines is 2. The van der Waals surface area contributed by atoms with Crippen LogP contribution in [0.3, 0.4) is 0 Å². The van der Waals surface area contributed by atoms with E-state index < -0.39 is 30.0 Å². The third-order valence-electron chi connectivity index (χ3n) is 4.94. The molecule has 3 rings (SSSR count). The topological polar surface area (TPSA) is 71.5 Å². The lowest BCUT2D eigenvalue weighted by atomic mass is 10.0. The number of methoxy groups -OCH3 is 2. The van der Waals surface area contributed by atoms with Crippen molar-refractivity contribution in [2.45, 2.75) is 24.5 Å². The number of alkyl halides is 1. The van der Waals surface area contributed by atoms with Crippen molar-refractivity contribution in [3.8, 4) is 0 Å². The zero-order chi connectivity index (χ0) is 18.9. The van der Waals surface area contributed by atoms with Crippen LogP contribution in [0.1, 0.15) is 6.42 Å². The molecule has 1 aromatic rings. The molecule has 2 heterocycles. The summed E-state index contributed by atoms with van der Waals surface area (Å²) < 4.78 is 44.5. The van der Waals surface area contributed by atoms with Gasteiger partial charge >= 0.3 is 6.09 Å². The van der Waals surface area contributed by atoms with Gasteiger partial charge in [0.15, 0.2) is 6.17 Å². The van der Waals surface area contributed by atoms with Crippen molar-refractivity contribution in [2.24, 2.45) is 0 Å². The van der Waals surface area contributed by atoms with E-state index in [9.17, 15) is 13.6 Å². The van der Waals surface area contributed by atoms with Crippen LogP contribution in [0.5, 0.6) is 0 Å². The van der Waals surface area contributed by atoms with Gasteiger partial charge in [0.2, 0.25) is 5.79 Å². The minimum Gasteiger partial charge on any atom is -0.441 e. The molecule has 1 amide bonds. The molecule has 0 saturated carbocycles. The average molecular weight is 372 g/mol. The molecule has 2 atom stereocenters. The van der Waals surface area contributed by atoms with Crippen molar-refractivity contribution < 1.29 is 32.9 Å². The minimum atomic E-state index is -1.44. The summed E-state index contributed by atoms with van der Waals surface area (Å²) in [5.41, 5.74) is 0.563. The first-order valence-electron chi connectivity index (χ1n) is 8.32. The number of aliphatic hydroxyl groups is 1. The van der Waals surface area contributed by atoms with E-state index in [-0.39, 0.29) is 31.8 Å². The molecule has 2 aliphatic rings. The van der Waals surface area contributed by atoms with Gasteiger partial charge in [0.05, 0.1) is 31.1 Å². The number of hydrogen-bond acceptors (Lipinski definition) is 6. The lowest BCUT2D eigenvalue weighted by molar-refractivity contribution is -0.249. The van der Waals surface area contributed by atoms with Crippen molar-refractivity contribution in [1.29, 1.82) is 0 Å². The smallest absolute Gasteiger partial charge is 0.414 e. The molecule has 0 spiro atoms. The Morgan fingerprint density at radius 3 is 2.62 bits per heavy atom. The van der Waals surface area contributed by atoms with Crippen LogP contribution < -0.4 is 9.80 Å². The quantitative estimate of drug-likeness (QED) is 0.793. The zero-order valence-corrected chi connectivity index (χ0v) is 14.7. The fraction of sp³-hybridized carbons (Fsp3) is 0.588. The van der Waals surface area contributed by atoms with Crippen LogP contribution in [-0.4, -0.2) is 69.7 Å². The number of cyclic esters (lactones) is 1. The van der Waals surface area contributed by atoms with E-state index in [0.29, 0.717) is 12.2 Å². The molecule has 7 nitrogen and oxygen atoms in total. The van der Waals surface area contributed by atoms with Crippen LogP contribution in [0.4, 0.5) is 25.0 Å². The Labute approximate surface area is 150 Å². The number of rotatable bonds is 5. The van der Waals surface area contributed by atoms with Crippen LogP contribution in [0, 0.1) is 5.82 Å². The minimum absolute atomic E-state index is 0.0731. The number of carbonyl (C=O) groups excluding carboxylic acids is 1. The predicted octanol–water partition coefficient (Wildman–Crippen LogP) is 1.68. The first-order chi connectivity index (χ1) is 12.4. The van der Waals surface area contributed by atoms with E-state index in [4.69, 9.17) is 19.3 Å². The van der Waals surface area contributed by atoms with Gasteiger partial charge in [-0.25, -0.2) is 13.6 Å². The van der Waals surface area contributed by atoms with Crippen molar-refractivity contribution >= 4 is 17.5 Å². The van der Waals surface area contributed by atoms with Crippen LogP contribution in [-0.2, 0) is 14.2 Å². The summed E-state index contributed by atoms with van der Waals surface area (Å²) in [6, 6.07) is 4.28. The van der Waals surface area contributed by atoms with Gasteiger partial charge in [0, 0.05) is 27.2 Å². The molecule has 2 aliphatic heterocycles. The second kappa shape index (κ2) is 7.34. The van der Waals surface area contributed by atoms with Crippen molar-refractivity contribution in [3.05, 3.63) is 24.0 Å². The molecular weight excluding hydrogens is 350 g/mol. The average Bonchev–Trinajstić information content (AvgIpc) is 3.03. The van der Waals surface area contributed by atoms with Crippen LogP contribution in [0.25, 0.3) is 0 Å². The summed E-state index contributed by atoms with van der Waals surface area (Å²) in [6.45, 7) is 0.136. The second-order valence-corrected chi connectivity index (χ2v) is 6.32. The van der Waals surface area contributed by atoms with Gasteiger partial charge in [-0.3, -0.25) is 4.90 Å². The highest BCUT2D eigenvalue weighted by molar-refractivity contribution is 5.90. The van der Waals surface area contributed by atoms with E-state index in [1.165, 1.54) is 31.3 Å². The van der Waals surface area contributed by atoms with E-state index in [1.54, 1.807) is 11.0 Å². The van der Waals surface area contributed by atoms with Gasteiger partial charge in [-0.2, -0.15) is 0 Å². The Balaban J connectivity index is 1.76. The molecule has 2 saturated heterocycles. The third-order valence-corrected chi connectivity index (χ3v) is 4.94. The molecule has 2 fully saturated rings. The monoisotopic (exact) mass is 372 g/mol. The molecule has 9 heteroatoms. The van der Waals surface area contributed by atoms with E-state index in [2.05, 4.69) is 0 Å². The number of halogens is 2. The normalized spacial score (nSPS) is 25.5. The predicted molar refractivity (Wildman–Crippen MR) is 89.6 cm³/mol. The van der Waals surface area contributed by atoms with Crippen LogP contribution in [0.2, 0.25) is 0 Å². The fourth-order valence-corrected chi connectivity index (χ4v) is 3.38. The second-order valence-electron chi connectivity index (χ2n) is 6.32. The SMILES string of the molecule is COC1(OC)CCN(c2ccc(N3CC(CO)OC3=O)cc2F)C[C@H]1F. The Bertz CT molecular complexity index is 671. The highest BCUT2D eigenvalue weighted by Crippen LogP contribution is 2.34. The molecule has 26 heavy (non-hydrogen) atoms. The Hall–Kier alpha value is -1.97. The van der Waals surface area contributed by atoms with E-state index >= 15 is 0 Å². The lowest BCUT2D eigenvalue weighted by Gasteiger charge is -2.43. The first kappa shape index (κ1) is 18.8. The number of ether oxygens (including phenoxy) is 3. The molecular formula is C17H22F2N2O5. The zero-order valence-electron chi connectivity index (χ0n) is 14.7. The number of hydrogen-bond donors (Lipinski definition) is 1. The third kappa shape index (κ3) is 3.22. The van der Waals surface area contributed by atoms with Gasteiger partial charge in [-0.1, -0.05) is 0 Å². The van der Waals surface area contributed by atoms with Gasteiger partial charge in [-0.05, 0) is 18.2 Å². The largest absolute Gasteiger partial charge is 0.441 e. The summed E-state index contributed by atoms with van der Waals surface area (Å²) in [6.07, 6.45) is -2.46. The maximum absolute atomic E-state index is 14.6. The highest BCUT2D eigenvalue weighted by atomic mass is 19.1. The van der Waals surface area contributed by atoms with Crippen LogP contribution in [0.15, 0.2) is 18.2 Å². The Morgan fingerprint density at radius 1 is 1.35 bits per heavy atom. The van der Waals surface area contributed by atoms with E-state index in [1.807, 2.05) is 0 Å². The number of piperidine rings is 1. The molecule has 144 valence electrons. The van der Waals surface area contributed by atoms with Gasteiger partial charge in [0.25, 0.3) is 0 Å².